The van der Waals surface area contributed by atoms with Gasteiger partial charge in [-0.3, -0.25) is 4.79 Å². The lowest BCUT2D eigenvalue weighted by Crippen LogP contribution is -2.24. The zero-order chi connectivity index (χ0) is 13.8. The summed E-state index contributed by atoms with van der Waals surface area (Å²) in [5.41, 5.74) is 6.85. The van der Waals surface area contributed by atoms with Crippen molar-refractivity contribution in [1.82, 2.24) is 0 Å². The summed E-state index contributed by atoms with van der Waals surface area (Å²) in [6.07, 6.45) is 0.875. The standard InChI is InChI=1S/C14H21NO3/c1-14(2,3)18-12(16)9-8-10-6-5-7-11(15)13(10)17-4/h5-7H,8-9,15H2,1-4H3. The first-order valence-electron chi connectivity index (χ1n) is 5.96. The SMILES string of the molecule is COc1c(N)cccc1CCC(=O)OC(C)(C)C. The van der Waals surface area contributed by atoms with Gasteiger partial charge in [-0.1, -0.05) is 12.1 Å². The van der Waals surface area contributed by atoms with Crippen molar-refractivity contribution < 1.29 is 14.3 Å². The number of anilines is 1. The number of nitrogens with two attached hydrogens (primary N) is 1. The maximum atomic E-state index is 11.6. The van der Waals surface area contributed by atoms with Crippen LogP contribution < -0.4 is 10.5 Å². The molecular formula is C14H21NO3. The summed E-state index contributed by atoms with van der Waals surface area (Å²) in [5, 5.41) is 0. The number of carbonyl (C=O) groups is 1. The van der Waals surface area contributed by atoms with Gasteiger partial charge in [0.15, 0.2) is 0 Å². The summed E-state index contributed by atoms with van der Waals surface area (Å²) in [6.45, 7) is 5.56. The Bertz CT molecular complexity index is 422. The Kier molecular flexibility index (Phi) is 4.59. The molecule has 0 unspecified atom stereocenters. The Morgan fingerprint density at radius 3 is 2.56 bits per heavy atom. The minimum atomic E-state index is -0.448. The number of methoxy groups -OCH3 is 1. The van der Waals surface area contributed by atoms with Crippen LogP contribution in [0.3, 0.4) is 0 Å². The normalized spacial score (nSPS) is 11.1. The molecular weight excluding hydrogens is 230 g/mol. The molecule has 0 aliphatic heterocycles. The number of rotatable bonds is 4. The van der Waals surface area contributed by atoms with Crippen molar-refractivity contribution in [2.45, 2.75) is 39.2 Å². The lowest BCUT2D eigenvalue weighted by atomic mass is 10.1. The first-order valence-corrected chi connectivity index (χ1v) is 5.96. The van der Waals surface area contributed by atoms with E-state index in [0.717, 1.165) is 5.56 Å². The quantitative estimate of drug-likeness (QED) is 0.660. The number of carbonyl (C=O) groups excluding carboxylic acids is 1. The Labute approximate surface area is 108 Å². The predicted molar refractivity (Wildman–Crippen MR) is 71.6 cm³/mol. The van der Waals surface area contributed by atoms with Gasteiger partial charge in [-0.2, -0.15) is 0 Å². The Hall–Kier alpha value is -1.71. The predicted octanol–water partition coefficient (Wildman–Crippen LogP) is 2.55. The minimum Gasteiger partial charge on any atom is -0.494 e. The molecule has 0 saturated heterocycles. The van der Waals surface area contributed by atoms with Gasteiger partial charge in [-0.15, -0.1) is 0 Å². The highest BCUT2D eigenvalue weighted by Gasteiger charge is 2.16. The van der Waals surface area contributed by atoms with Gasteiger partial charge < -0.3 is 15.2 Å². The summed E-state index contributed by atoms with van der Waals surface area (Å²) >= 11 is 0. The molecule has 0 aromatic heterocycles. The molecule has 0 heterocycles. The molecule has 1 aromatic rings. The van der Waals surface area contributed by atoms with Crippen LogP contribution in [0.25, 0.3) is 0 Å². The van der Waals surface area contributed by atoms with E-state index in [-0.39, 0.29) is 5.97 Å². The third-order valence-corrected chi connectivity index (χ3v) is 2.35. The van der Waals surface area contributed by atoms with E-state index in [1.807, 2.05) is 32.9 Å². The molecule has 2 N–H and O–H groups in total. The van der Waals surface area contributed by atoms with E-state index in [0.29, 0.717) is 24.3 Å². The average Bonchev–Trinajstić information content (AvgIpc) is 2.24. The number of esters is 1. The van der Waals surface area contributed by atoms with E-state index >= 15 is 0 Å². The molecule has 0 atom stereocenters. The van der Waals surface area contributed by atoms with Crippen molar-refractivity contribution in [1.29, 1.82) is 0 Å². The van der Waals surface area contributed by atoms with Gasteiger partial charge in [-0.25, -0.2) is 0 Å². The van der Waals surface area contributed by atoms with Crippen molar-refractivity contribution in [3.05, 3.63) is 23.8 Å². The molecule has 1 rings (SSSR count). The molecule has 18 heavy (non-hydrogen) atoms. The summed E-state index contributed by atoms with van der Waals surface area (Å²) in [5.74, 6) is 0.424. The Balaban J connectivity index is 2.64. The minimum absolute atomic E-state index is 0.216. The lowest BCUT2D eigenvalue weighted by molar-refractivity contribution is -0.154. The topological polar surface area (TPSA) is 61.5 Å². The lowest BCUT2D eigenvalue weighted by Gasteiger charge is -2.19. The molecule has 0 aliphatic rings. The molecule has 0 spiro atoms. The van der Waals surface area contributed by atoms with E-state index in [9.17, 15) is 4.79 Å². The van der Waals surface area contributed by atoms with Crippen LogP contribution in [0.5, 0.6) is 5.75 Å². The first-order chi connectivity index (χ1) is 8.33. The smallest absolute Gasteiger partial charge is 0.306 e. The van der Waals surface area contributed by atoms with Gasteiger partial charge in [0, 0.05) is 6.42 Å². The molecule has 0 aliphatic carbocycles. The maximum Gasteiger partial charge on any atom is 0.306 e. The highest BCUT2D eigenvalue weighted by atomic mass is 16.6. The fourth-order valence-corrected chi connectivity index (χ4v) is 1.68. The van der Waals surface area contributed by atoms with E-state index in [2.05, 4.69) is 0 Å². The van der Waals surface area contributed by atoms with Crippen LogP contribution in [-0.2, 0) is 16.0 Å². The summed E-state index contributed by atoms with van der Waals surface area (Å²) in [6, 6.07) is 5.53. The van der Waals surface area contributed by atoms with E-state index < -0.39 is 5.60 Å². The molecule has 0 amide bonds. The fraction of sp³-hybridized carbons (Fsp3) is 0.500. The molecule has 0 bridgehead atoms. The summed E-state index contributed by atoms with van der Waals surface area (Å²) in [7, 11) is 1.57. The fourth-order valence-electron chi connectivity index (χ4n) is 1.68. The third kappa shape index (κ3) is 4.28. The number of ether oxygens (including phenoxy) is 2. The van der Waals surface area contributed by atoms with Crippen molar-refractivity contribution >= 4 is 11.7 Å². The zero-order valence-electron chi connectivity index (χ0n) is 11.4. The molecule has 0 radical (unpaired) electrons. The Morgan fingerprint density at radius 1 is 1.33 bits per heavy atom. The highest BCUT2D eigenvalue weighted by Crippen LogP contribution is 2.27. The first kappa shape index (κ1) is 14.4. The molecule has 4 heteroatoms. The van der Waals surface area contributed by atoms with Gasteiger partial charge in [-0.05, 0) is 38.8 Å². The highest BCUT2D eigenvalue weighted by molar-refractivity contribution is 5.70. The van der Waals surface area contributed by atoms with Crippen LogP contribution in [0.15, 0.2) is 18.2 Å². The number of para-hydroxylation sites is 1. The van der Waals surface area contributed by atoms with Crippen LogP contribution in [-0.4, -0.2) is 18.7 Å². The van der Waals surface area contributed by atoms with Crippen LogP contribution in [0.2, 0.25) is 0 Å². The van der Waals surface area contributed by atoms with Crippen molar-refractivity contribution in [2.24, 2.45) is 0 Å². The Morgan fingerprint density at radius 2 is 2.00 bits per heavy atom. The molecule has 1 aromatic carbocycles. The molecule has 4 nitrogen and oxygen atoms in total. The van der Waals surface area contributed by atoms with Gasteiger partial charge in [0.2, 0.25) is 0 Å². The number of benzene rings is 1. The molecule has 0 fully saturated rings. The third-order valence-electron chi connectivity index (χ3n) is 2.35. The second-order valence-electron chi connectivity index (χ2n) is 5.13. The van der Waals surface area contributed by atoms with Crippen molar-refractivity contribution in [3.8, 4) is 5.75 Å². The number of aryl methyl sites for hydroxylation is 1. The van der Waals surface area contributed by atoms with Crippen LogP contribution in [0.1, 0.15) is 32.8 Å². The van der Waals surface area contributed by atoms with Crippen LogP contribution in [0.4, 0.5) is 5.69 Å². The van der Waals surface area contributed by atoms with Crippen LogP contribution in [0, 0.1) is 0 Å². The number of hydrogen-bond donors (Lipinski definition) is 1. The van der Waals surface area contributed by atoms with Crippen LogP contribution >= 0.6 is 0 Å². The van der Waals surface area contributed by atoms with E-state index in [1.54, 1.807) is 13.2 Å². The second-order valence-corrected chi connectivity index (χ2v) is 5.13. The van der Waals surface area contributed by atoms with Crippen molar-refractivity contribution in [3.63, 3.8) is 0 Å². The maximum absolute atomic E-state index is 11.6. The van der Waals surface area contributed by atoms with Gasteiger partial charge in [0.1, 0.15) is 11.4 Å². The van der Waals surface area contributed by atoms with Crippen molar-refractivity contribution in [2.75, 3.05) is 12.8 Å². The van der Waals surface area contributed by atoms with Gasteiger partial charge >= 0.3 is 5.97 Å². The average molecular weight is 251 g/mol. The number of nitrogen functional groups attached to an aromatic ring is 1. The monoisotopic (exact) mass is 251 g/mol. The number of hydrogen-bond acceptors (Lipinski definition) is 4. The van der Waals surface area contributed by atoms with E-state index in [1.165, 1.54) is 0 Å². The van der Waals surface area contributed by atoms with E-state index in [4.69, 9.17) is 15.2 Å². The molecule has 100 valence electrons. The van der Waals surface area contributed by atoms with Gasteiger partial charge in [0.25, 0.3) is 0 Å². The zero-order valence-corrected chi connectivity index (χ0v) is 11.4. The largest absolute Gasteiger partial charge is 0.494 e. The van der Waals surface area contributed by atoms with Gasteiger partial charge in [0.05, 0.1) is 12.8 Å². The molecule has 0 saturated carbocycles. The second kappa shape index (κ2) is 5.76. The summed E-state index contributed by atoms with van der Waals surface area (Å²) < 4.78 is 10.5. The summed E-state index contributed by atoms with van der Waals surface area (Å²) in [4.78, 5) is 11.6.